The number of ether oxygens (including phenoxy) is 1. The van der Waals surface area contributed by atoms with Gasteiger partial charge in [0.05, 0.1) is 5.69 Å². The molecule has 2 aromatic rings. The first-order valence-electron chi connectivity index (χ1n) is 6.87. The normalized spacial score (nSPS) is 13.8. The second-order valence-electron chi connectivity index (χ2n) is 4.99. The van der Waals surface area contributed by atoms with E-state index in [0.717, 1.165) is 23.0 Å². The third-order valence-electron chi connectivity index (χ3n) is 3.17. The van der Waals surface area contributed by atoms with Gasteiger partial charge < -0.3 is 9.46 Å². The van der Waals surface area contributed by atoms with Gasteiger partial charge in [0.15, 0.2) is 6.29 Å². The van der Waals surface area contributed by atoms with Crippen LogP contribution in [-0.4, -0.2) is 16.5 Å². The maximum atomic E-state index is 10.8. The van der Waals surface area contributed by atoms with E-state index in [0.29, 0.717) is 17.1 Å². The summed E-state index contributed by atoms with van der Waals surface area (Å²) in [6, 6.07) is 11.2. The highest BCUT2D eigenvalue weighted by atomic mass is 32.2. The summed E-state index contributed by atoms with van der Waals surface area (Å²) >= 11 is 1.78. The lowest BCUT2D eigenvalue weighted by Gasteiger charge is -2.08. The van der Waals surface area contributed by atoms with E-state index < -0.39 is 0 Å². The Morgan fingerprint density at radius 1 is 1.24 bits per heavy atom. The molecule has 21 heavy (non-hydrogen) atoms. The van der Waals surface area contributed by atoms with Gasteiger partial charge in [-0.2, -0.15) is 0 Å². The minimum absolute atomic E-state index is 0.492. The molecule has 0 radical (unpaired) electrons. The number of aldehydes is 1. The number of aromatic nitrogens is 1. The summed E-state index contributed by atoms with van der Waals surface area (Å²) in [6.07, 6.45) is 3.41. The lowest BCUT2D eigenvalue weighted by molar-refractivity contribution is 0.112. The highest BCUT2D eigenvalue weighted by Gasteiger charge is 2.21. The zero-order valence-electron chi connectivity index (χ0n) is 11.7. The van der Waals surface area contributed by atoms with Crippen molar-refractivity contribution >= 4 is 23.9 Å². The molecule has 1 aromatic carbocycles. The topological polar surface area (TPSA) is 51.2 Å². The minimum Gasteiger partial charge on any atom is -0.439 e. The van der Waals surface area contributed by atoms with Crippen LogP contribution in [0.2, 0.25) is 0 Å². The van der Waals surface area contributed by atoms with E-state index in [1.807, 2.05) is 24.3 Å². The van der Waals surface area contributed by atoms with Gasteiger partial charge in [0, 0.05) is 22.6 Å². The molecule has 1 aliphatic carbocycles. The third-order valence-corrected chi connectivity index (χ3v) is 4.33. The Bertz CT molecular complexity index is 639. The van der Waals surface area contributed by atoms with Crippen molar-refractivity contribution in [3.63, 3.8) is 0 Å². The standard InChI is InChI=1S/C16H16N2O2S/c1-11-12(10-19)2-9-16(17-11)20-14-5-3-13(4-6-14)18-21-15-7-8-15/h2-6,9-10,15,18H,7-8H2,1H3. The van der Waals surface area contributed by atoms with Gasteiger partial charge in [-0.15, -0.1) is 0 Å². The van der Waals surface area contributed by atoms with Crippen molar-refractivity contribution in [3.8, 4) is 11.6 Å². The third kappa shape index (κ3) is 3.76. The Balaban J connectivity index is 1.63. The van der Waals surface area contributed by atoms with Crippen molar-refractivity contribution in [2.75, 3.05) is 4.72 Å². The Kier molecular flexibility index (Phi) is 4.10. The van der Waals surface area contributed by atoms with Crippen LogP contribution in [0.5, 0.6) is 11.6 Å². The molecule has 0 unspecified atom stereocenters. The molecule has 3 rings (SSSR count). The van der Waals surface area contributed by atoms with E-state index in [1.54, 1.807) is 31.0 Å². The van der Waals surface area contributed by atoms with Crippen LogP contribution in [-0.2, 0) is 0 Å². The summed E-state index contributed by atoms with van der Waals surface area (Å²) in [6.45, 7) is 1.79. The van der Waals surface area contributed by atoms with Crippen LogP contribution in [0.4, 0.5) is 5.69 Å². The number of nitrogens with zero attached hydrogens (tertiary/aromatic N) is 1. The molecule has 1 aromatic heterocycles. The molecule has 0 saturated heterocycles. The number of carbonyl (C=O) groups is 1. The van der Waals surface area contributed by atoms with Crippen LogP contribution in [0.3, 0.4) is 0 Å². The molecule has 4 nitrogen and oxygen atoms in total. The molecular formula is C16H16N2O2S. The number of carbonyl (C=O) groups excluding carboxylic acids is 1. The van der Waals surface area contributed by atoms with Crippen LogP contribution in [0.15, 0.2) is 36.4 Å². The molecule has 1 N–H and O–H groups in total. The lowest BCUT2D eigenvalue weighted by Crippen LogP contribution is -1.94. The monoisotopic (exact) mass is 300 g/mol. The number of rotatable bonds is 6. The lowest BCUT2D eigenvalue weighted by atomic mass is 10.2. The van der Waals surface area contributed by atoms with E-state index in [9.17, 15) is 4.79 Å². The molecular weight excluding hydrogens is 284 g/mol. The Labute approximate surface area is 128 Å². The molecule has 0 amide bonds. The fraction of sp³-hybridized carbons (Fsp3) is 0.250. The van der Waals surface area contributed by atoms with Gasteiger partial charge in [-0.3, -0.25) is 4.79 Å². The van der Waals surface area contributed by atoms with E-state index >= 15 is 0 Å². The van der Waals surface area contributed by atoms with Gasteiger partial charge in [0.25, 0.3) is 0 Å². The zero-order chi connectivity index (χ0) is 14.7. The van der Waals surface area contributed by atoms with Gasteiger partial charge >= 0.3 is 0 Å². The highest BCUT2D eigenvalue weighted by molar-refractivity contribution is 8.01. The first-order chi connectivity index (χ1) is 10.2. The molecule has 0 atom stereocenters. The molecule has 0 spiro atoms. The maximum absolute atomic E-state index is 10.8. The van der Waals surface area contributed by atoms with Crippen molar-refractivity contribution in [1.82, 2.24) is 4.98 Å². The number of pyridine rings is 1. The van der Waals surface area contributed by atoms with Crippen LogP contribution in [0.1, 0.15) is 28.9 Å². The summed E-state index contributed by atoms with van der Waals surface area (Å²) in [5, 5.41) is 0.768. The van der Waals surface area contributed by atoms with Gasteiger partial charge in [0.2, 0.25) is 5.88 Å². The number of benzene rings is 1. The molecule has 108 valence electrons. The molecule has 0 aliphatic heterocycles. The van der Waals surface area contributed by atoms with Gasteiger partial charge in [-0.1, -0.05) is 0 Å². The van der Waals surface area contributed by atoms with Crippen LogP contribution in [0.25, 0.3) is 0 Å². The quantitative estimate of drug-likeness (QED) is 0.639. The molecule has 1 aliphatic rings. The highest BCUT2D eigenvalue weighted by Crippen LogP contribution is 2.34. The first kappa shape index (κ1) is 13.9. The summed E-state index contributed by atoms with van der Waals surface area (Å²) in [7, 11) is 0. The van der Waals surface area contributed by atoms with Gasteiger partial charge in [-0.25, -0.2) is 4.98 Å². The molecule has 0 bridgehead atoms. The number of hydrogen-bond donors (Lipinski definition) is 1. The summed E-state index contributed by atoms with van der Waals surface area (Å²) < 4.78 is 9.02. The van der Waals surface area contributed by atoms with Gasteiger partial charge in [-0.05, 0) is 62.0 Å². The van der Waals surface area contributed by atoms with E-state index in [-0.39, 0.29) is 0 Å². The maximum Gasteiger partial charge on any atom is 0.219 e. The number of hydrogen-bond acceptors (Lipinski definition) is 5. The van der Waals surface area contributed by atoms with E-state index in [4.69, 9.17) is 4.74 Å². The van der Waals surface area contributed by atoms with Gasteiger partial charge in [0.1, 0.15) is 5.75 Å². The van der Waals surface area contributed by atoms with E-state index in [1.165, 1.54) is 12.8 Å². The van der Waals surface area contributed by atoms with Crippen LogP contribution < -0.4 is 9.46 Å². The van der Waals surface area contributed by atoms with Crippen molar-refractivity contribution in [2.45, 2.75) is 25.0 Å². The SMILES string of the molecule is Cc1nc(Oc2ccc(NSC3CC3)cc2)ccc1C=O. The van der Waals surface area contributed by atoms with Crippen molar-refractivity contribution in [3.05, 3.63) is 47.7 Å². The predicted octanol–water partition coefficient (Wildman–Crippen LogP) is 4.22. The molecule has 1 saturated carbocycles. The largest absolute Gasteiger partial charge is 0.439 e. The second-order valence-corrected chi connectivity index (χ2v) is 6.09. The minimum atomic E-state index is 0.492. The smallest absolute Gasteiger partial charge is 0.219 e. The second kappa shape index (κ2) is 6.18. The molecule has 1 fully saturated rings. The average Bonchev–Trinajstić information content (AvgIpc) is 3.31. The fourth-order valence-electron chi connectivity index (χ4n) is 1.78. The van der Waals surface area contributed by atoms with Crippen LogP contribution in [0, 0.1) is 6.92 Å². The summed E-state index contributed by atoms with van der Waals surface area (Å²) in [5.74, 6) is 1.22. The van der Waals surface area contributed by atoms with Crippen molar-refractivity contribution in [2.24, 2.45) is 0 Å². The summed E-state index contributed by atoms with van der Waals surface area (Å²) in [5.41, 5.74) is 2.32. The zero-order valence-corrected chi connectivity index (χ0v) is 12.5. The van der Waals surface area contributed by atoms with Crippen molar-refractivity contribution < 1.29 is 9.53 Å². The molecule has 5 heteroatoms. The summed E-state index contributed by atoms with van der Waals surface area (Å²) in [4.78, 5) is 15.0. The predicted molar refractivity (Wildman–Crippen MR) is 85.1 cm³/mol. The first-order valence-corrected chi connectivity index (χ1v) is 7.75. The van der Waals surface area contributed by atoms with E-state index in [2.05, 4.69) is 9.71 Å². The number of anilines is 1. The number of nitrogens with one attached hydrogen (secondary N) is 1. The molecule has 1 heterocycles. The van der Waals surface area contributed by atoms with Crippen LogP contribution >= 0.6 is 11.9 Å². The Morgan fingerprint density at radius 3 is 2.62 bits per heavy atom. The average molecular weight is 300 g/mol. The number of aryl methyl sites for hydroxylation is 1. The Hall–Kier alpha value is -2.01. The fourth-order valence-corrected chi connectivity index (χ4v) is 2.59. The van der Waals surface area contributed by atoms with Crippen molar-refractivity contribution in [1.29, 1.82) is 0 Å². The Morgan fingerprint density at radius 2 is 2.00 bits per heavy atom.